The molecule has 0 aromatic heterocycles. The zero-order chi connectivity index (χ0) is 12.4. The fourth-order valence-electron chi connectivity index (χ4n) is 2.26. The molecule has 1 aromatic rings. The van der Waals surface area contributed by atoms with Gasteiger partial charge in [-0.15, -0.1) is 0 Å². The molecular weight excluding hydrogens is 216 g/mol. The van der Waals surface area contributed by atoms with Gasteiger partial charge in [0.1, 0.15) is 0 Å². The van der Waals surface area contributed by atoms with Gasteiger partial charge in [-0.1, -0.05) is 12.1 Å². The van der Waals surface area contributed by atoms with Gasteiger partial charge in [-0.3, -0.25) is 9.59 Å². The molecule has 0 fully saturated rings. The zero-order valence-corrected chi connectivity index (χ0v) is 10.2. The van der Waals surface area contributed by atoms with Crippen LogP contribution in [0.3, 0.4) is 0 Å². The molecule has 3 heteroatoms. The Morgan fingerprint density at radius 1 is 1.29 bits per heavy atom. The molecule has 0 N–H and O–H groups in total. The molecular formula is C14H16O3. The normalized spacial score (nSPS) is 17.6. The summed E-state index contributed by atoms with van der Waals surface area (Å²) in [5, 5.41) is 0. The van der Waals surface area contributed by atoms with Gasteiger partial charge >= 0.3 is 5.97 Å². The summed E-state index contributed by atoms with van der Waals surface area (Å²) in [6.07, 6.45) is 1.42. The summed E-state index contributed by atoms with van der Waals surface area (Å²) in [6.45, 7) is 3.79. The molecule has 0 spiro atoms. The molecule has 0 aliphatic heterocycles. The topological polar surface area (TPSA) is 43.4 Å². The molecule has 0 bridgehead atoms. The lowest BCUT2D eigenvalue weighted by atomic mass is 10.0. The van der Waals surface area contributed by atoms with Gasteiger partial charge in [0.15, 0.2) is 5.78 Å². The summed E-state index contributed by atoms with van der Waals surface area (Å²) in [5.74, 6) is -0.146. The van der Waals surface area contributed by atoms with Crippen molar-refractivity contribution in [3.05, 3.63) is 34.9 Å². The molecule has 1 atom stereocenters. The van der Waals surface area contributed by atoms with E-state index in [0.29, 0.717) is 18.6 Å². The number of ketones is 1. The molecule has 0 heterocycles. The number of rotatable bonds is 3. The number of benzene rings is 1. The first-order valence-corrected chi connectivity index (χ1v) is 5.91. The van der Waals surface area contributed by atoms with E-state index in [1.165, 1.54) is 0 Å². The van der Waals surface area contributed by atoms with Crippen molar-refractivity contribution in [1.29, 1.82) is 0 Å². The summed E-state index contributed by atoms with van der Waals surface area (Å²) in [4.78, 5) is 22.9. The van der Waals surface area contributed by atoms with Crippen molar-refractivity contribution < 1.29 is 14.3 Å². The first-order chi connectivity index (χ1) is 8.11. The van der Waals surface area contributed by atoms with Crippen molar-refractivity contribution in [2.45, 2.75) is 26.7 Å². The van der Waals surface area contributed by atoms with Crippen LogP contribution in [0, 0.1) is 5.92 Å². The molecule has 0 saturated carbocycles. The Labute approximate surface area is 101 Å². The average Bonchev–Trinajstić information content (AvgIpc) is 2.71. The van der Waals surface area contributed by atoms with Crippen molar-refractivity contribution in [1.82, 2.24) is 0 Å². The lowest BCUT2D eigenvalue weighted by Gasteiger charge is -2.06. The number of carbonyl (C=O) groups is 2. The van der Waals surface area contributed by atoms with Crippen molar-refractivity contribution >= 4 is 11.8 Å². The minimum absolute atomic E-state index is 0.0624. The second-order valence-corrected chi connectivity index (χ2v) is 4.40. The predicted molar refractivity (Wildman–Crippen MR) is 64.0 cm³/mol. The maximum Gasteiger partial charge on any atom is 0.309 e. The maximum atomic E-state index is 11.6. The highest BCUT2D eigenvalue weighted by Crippen LogP contribution is 2.28. The van der Waals surface area contributed by atoms with Gasteiger partial charge in [0.25, 0.3) is 0 Å². The highest BCUT2D eigenvalue weighted by Gasteiger charge is 2.28. The van der Waals surface area contributed by atoms with Crippen molar-refractivity contribution in [2.75, 3.05) is 6.61 Å². The van der Waals surface area contributed by atoms with Gasteiger partial charge in [0, 0.05) is 5.56 Å². The van der Waals surface area contributed by atoms with E-state index in [0.717, 1.165) is 17.5 Å². The summed E-state index contributed by atoms with van der Waals surface area (Å²) in [5.41, 5.74) is 2.98. The van der Waals surface area contributed by atoms with E-state index >= 15 is 0 Å². The standard InChI is InChI=1S/C14H16O3/c1-3-17-14(16)13-7-11-5-4-10(9(2)15)6-12(11)8-13/h4-6,13H,3,7-8H2,1-2H3/t13-/m0/s1. The number of ether oxygens (including phenoxy) is 1. The maximum absolute atomic E-state index is 11.6. The minimum atomic E-state index is -0.131. The minimum Gasteiger partial charge on any atom is -0.466 e. The lowest BCUT2D eigenvalue weighted by Crippen LogP contribution is -2.17. The van der Waals surface area contributed by atoms with Gasteiger partial charge in [-0.25, -0.2) is 0 Å². The molecule has 0 radical (unpaired) electrons. The summed E-state index contributed by atoms with van der Waals surface area (Å²) in [7, 11) is 0. The number of Topliss-reactive ketones (excluding diaryl/α,β-unsaturated/α-hetero) is 1. The molecule has 90 valence electrons. The first-order valence-electron chi connectivity index (χ1n) is 5.91. The Balaban J connectivity index is 2.16. The van der Waals surface area contributed by atoms with Crippen LogP contribution in [-0.2, 0) is 22.4 Å². The molecule has 17 heavy (non-hydrogen) atoms. The van der Waals surface area contributed by atoms with E-state index in [4.69, 9.17) is 4.74 Å². The van der Waals surface area contributed by atoms with Gasteiger partial charge in [-0.2, -0.15) is 0 Å². The Kier molecular flexibility index (Phi) is 3.27. The Morgan fingerprint density at radius 3 is 2.65 bits per heavy atom. The predicted octanol–water partition coefficient (Wildman–Crippen LogP) is 2.17. The fraction of sp³-hybridized carbons (Fsp3) is 0.429. The van der Waals surface area contributed by atoms with Gasteiger partial charge in [-0.05, 0) is 43.9 Å². The second-order valence-electron chi connectivity index (χ2n) is 4.40. The van der Waals surface area contributed by atoms with E-state index in [1.807, 2.05) is 25.1 Å². The SMILES string of the molecule is CCOC(=O)[C@H]1Cc2ccc(C(C)=O)cc2C1. The highest BCUT2D eigenvalue weighted by molar-refractivity contribution is 5.94. The molecule has 2 rings (SSSR count). The van der Waals surface area contributed by atoms with E-state index in [2.05, 4.69) is 0 Å². The first kappa shape index (κ1) is 11.8. The molecule has 1 aliphatic carbocycles. The second kappa shape index (κ2) is 4.70. The number of hydrogen-bond acceptors (Lipinski definition) is 3. The smallest absolute Gasteiger partial charge is 0.309 e. The largest absolute Gasteiger partial charge is 0.466 e. The summed E-state index contributed by atoms with van der Waals surface area (Å²) in [6, 6.07) is 5.68. The molecule has 3 nitrogen and oxygen atoms in total. The quantitative estimate of drug-likeness (QED) is 0.592. The monoisotopic (exact) mass is 232 g/mol. The number of carbonyl (C=O) groups excluding carboxylic acids is 2. The third kappa shape index (κ3) is 2.38. The number of fused-ring (bicyclic) bond motifs is 1. The van der Waals surface area contributed by atoms with Gasteiger partial charge < -0.3 is 4.74 Å². The molecule has 0 amide bonds. The van der Waals surface area contributed by atoms with E-state index in [9.17, 15) is 9.59 Å². The molecule has 1 aliphatic rings. The zero-order valence-electron chi connectivity index (χ0n) is 10.2. The summed E-state index contributed by atoms with van der Waals surface area (Å²) >= 11 is 0. The van der Waals surface area contributed by atoms with Crippen LogP contribution in [0.15, 0.2) is 18.2 Å². The van der Waals surface area contributed by atoms with Crippen LogP contribution < -0.4 is 0 Å². The van der Waals surface area contributed by atoms with Gasteiger partial charge in [0.2, 0.25) is 0 Å². The van der Waals surface area contributed by atoms with Crippen LogP contribution in [0.4, 0.5) is 0 Å². The van der Waals surface area contributed by atoms with Crippen molar-refractivity contribution in [2.24, 2.45) is 5.92 Å². The number of esters is 1. The van der Waals surface area contributed by atoms with Crippen LogP contribution >= 0.6 is 0 Å². The van der Waals surface area contributed by atoms with E-state index in [1.54, 1.807) is 6.92 Å². The van der Waals surface area contributed by atoms with Crippen LogP contribution in [0.1, 0.15) is 35.3 Å². The van der Waals surface area contributed by atoms with Crippen LogP contribution in [-0.4, -0.2) is 18.4 Å². The van der Waals surface area contributed by atoms with E-state index in [-0.39, 0.29) is 17.7 Å². The Bertz CT molecular complexity index is 463. The van der Waals surface area contributed by atoms with E-state index < -0.39 is 0 Å². The van der Waals surface area contributed by atoms with Crippen LogP contribution in [0.2, 0.25) is 0 Å². The average molecular weight is 232 g/mol. The fourth-order valence-corrected chi connectivity index (χ4v) is 2.26. The third-order valence-corrected chi connectivity index (χ3v) is 3.17. The summed E-state index contributed by atoms with van der Waals surface area (Å²) < 4.78 is 5.03. The highest BCUT2D eigenvalue weighted by atomic mass is 16.5. The lowest BCUT2D eigenvalue weighted by molar-refractivity contribution is -0.147. The molecule has 1 aromatic carbocycles. The van der Waals surface area contributed by atoms with Crippen molar-refractivity contribution in [3.63, 3.8) is 0 Å². The van der Waals surface area contributed by atoms with Crippen LogP contribution in [0.25, 0.3) is 0 Å². The molecule has 0 saturated heterocycles. The Hall–Kier alpha value is -1.64. The third-order valence-electron chi connectivity index (χ3n) is 3.17. The van der Waals surface area contributed by atoms with Gasteiger partial charge in [0.05, 0.1) is 12.5 Å². The van der Waals surface area contributed by atoms with Crippen LogP contribution in [0.5, 0.6) is 0 Å². The van der Waals surface area contributed by atoms with Crippen molar-refractivity contribution in [3.8, 4) is 0 Å². The number of hydrogen-bond donors (Lipinski definition) is 0. The Morgan fingerprint density at radius 2 is 2.00 bits per heavy atom. The molecule has 0 unspecified atom stereocenters.